The third kappa shape index (κ3) is 4.95. The largest absolute Gasteiger partial charge is 0.503 e. The fourth-order valence-electron chi connectivity index (χ4n) is 1.79. The van der Waals surface area contributed by atoms with Crippen molar-refractivity contribution in [1.82, 2.24) is 5.43 Å². The predicted molar refractivity (Wildman–Crippen MR) is 93.0 cm³/mol. The number of rotatable bonds is 6. The summed E-state index contributed by atoms with van der Waals surface area (Å²) >= 11 is 3.20. The van der Waals surface area contributed by atoms with Gasteiger partial charge < -0.3 is 15.2 Å². The number of methoxy groups -OCH3 is 1. The number of carbonyl (C=O) groups excluding carboxylic acids is 1. The van der Waals surface area contributed by atoms with Crippen molar-refractivity contribution >= 4 is 33.7 Å². The van der Waals surface area contributed by atoms with Crippen LogP contribution < -0.4 is 15.5 Å². The van der Waals surface area contributed by atoms with Crippen LogP contribution in [0.5, 0.6) is 11.5 Å². The number of hydrogen-bond acceptors (Lipinski definition) is 5. The molecule has 0 spiro atoms. The maximum atomic E-state index is 12.8. The van der Waals surface area contributed by atoms with Crippen molar-refractivity contribution in [3.05, 3.63) is 52.3 Å². The molecule has 2 aromatic rings. The lowest BCUT2D eigenvalue weighted by molar-refractivity contribution is -0.119. The van der Waals surface area contributed by atoms with Crippen molar-refractivity contribution in [3.8, 4) is 11.5 Å². The monoisotopic (exact) mass is 395 g/mol. The molecule has 24 heavy (non-hydrogen) atoms. The van der Waals surface area contributed by atoms with Crippen molar-refractivity contribution in [2.24, 2.45) is 5.10 Å². The van der Waals surface area contributed by atoms with Crippen LogP contribution >= 0.6 is 15.9 Å². The number of carbonyl (C=O) groups is 1. The normalized spacial score (nSPS) is 10.6. The van der Waals surface area contributed by atoms with Crippen LogP contribution in [0, 0.1) is 5.82 Å². The average molecular weight is 396 g/mol. The molecular formula is C16H15BrFN3O3. The van der Waals surface area contributed by atoms with Crippen LogP contribution in [0.1, 0.15) is 5.56 Å². The van der Waals surface area contributed by atoms with Gasteiger partial charge >= 0.3 is 0 Å². The first-order valence-electron chi connectivity index (χ1n) is 6.87. The van der Waals surface area contributed by atoms with Gasteiger partial charge in [-0.2, -0.15) is 5.10 Å². The fourth-order valence-corrected chi connectivity index (χ4v) is 2.25. The number of aromatic hydroxyl groups is 1. The van der Waals surface area contributed by atoms with Crippen molar-refractivity contribution in [2.45, 2.75) is 0 Å². The number of benzene rings is 2. The Morgan fingerprint density at radius 1 is 1.38 bits per heavy atom. The first kappa shape index (κ1) is 17.7. The van der Waals surface area contributed by atoms with E-state index < -0.39 is 0 Å². The maximum absolute atomic E-state index is 12.8. The smallest absolute Gasteiger partial charge is 0.259 e. The molecule has 2 rings (SSSR count). The molecule has 2 aromatic carbocycles. The molecule has 1 amide bonds. The summed E-state index contributed by atoms with van der Waals surface area (Å²) in [6.07, 6.45) is 1.42. The van der Waals surface area contributed by atoms with E-state index in [9.17, 15) is 14.3 Å². The van der Waals surface area contributed by atoms with Crippen molar-refractivity contribution < 1.29 is 19.0 Å². The molecule has 0 saturated heterocycles. The first-order chi connectivity index (χ1) is 11.5. The number of ether oxygens (including phenoxy) is 1. The Kier molecular flexibility index (Phi) is 6.14. The zero-order chi connectivity index (χ0) is 17.5. The number of nitrogens with one attached hydrogen (secondary N) is 2. The Labute approximate surface area is 146 Å². The molecule has 6 nitrogen and oxygen atoms in total. The second-order valence-electron chi connectivity index (χ2n) is 4.71. The van der Waals surface area contributed by atoms with Gasteiger partial charge in [-0.15, -0.1) is 0 Å². The van der Waals surface area contributed by atoms with Crippen LogP contribution in [0.15, 0.2) is 46.0 Å². The van der Waals surface area contributed by atoms with Gasteiger partial charge in [0.05, 0.1) is 24.3 Å². The van der Waals surface area contributed by atoms with Crippen LogP contribution in [-0.2, 0) is 4.79 Å². The minimum Gasteiger partial charge on any atom is -0.503 e. The minimum atomic E-state index is -0.361. The lowest BCUT2D eigenvalue weighted by atomic mass is 10.2. The third-order valence-electron chi connectivity index (χ3n) is 2.97. The van der Waals surface area contributed by atoms with E-state index in [4.69, 9.17) is 4.74 Å². The topological polar surface area (TPSA) is 83.0 Å². The summed E-state index contributed by atoms with van der Waals surface area (Å²) in [6.45, 7) is -0.00837. The minimum absolute atomic E-state index is 0.00837. The molecule has 0 aliphatic rings. The maximum Gasteiger partial charge on any atom is 0.259 e. The molecule has 0 saturated carbocycles. The molecule has 0 fully saturated rings. The third-order valence-corrected chi connectivity index (χ3v) is 3.58. The van der Waals surface area contributed by atoms with Gasteiger partial charge in [-0.1, -0.05) is 0 Å². The number of nitrogens with zero attached hydrogens (tertiary/aromatic N) is 1. The highest BCUT2D eigenvalue weighted by Crippen LogP contribution is 2.34. The fraction of sp³-hybridized carbons (Fsp3) is 0.125. The molecule has 3 N–H and O–H groups in total. The van der Waals surface area contributed by atoms with E-state index in [0.29, 0.717) is 15.7 Å². The van der Waals surface area contributed by atoms with Gasteiger partial charge in [0.1, 0.15) is 5.82 Å². The van der Waals surface area contributed by atoms with Crippen LogP contribution in [0.3, 0.4) is 0 Å². The van der Waals surface area contributed by atoms with E-state index in [-0.39, 0.29) is 29.8 Å². The Morgan fingerprint density at radius 2 is 2.08 bits per heavy atom. The van der Waals surface area contributed by atoms with Gasteiger partial charge in [-0.3, -0.25) is 4.79 Å². The van der Waals surface area contributed by atoms with Gasteiger partial charge in [0.25, 0.3) is 5.91 Å². The van der Waals surface area contributed by atoms with Gasteiger partial charge in [0.15, 0.2) is 11.5 Å². The summed E-state index contributed by atoms with van der Waals surface area (Å²) < 4.78 is 18.2. The standard InChI is InChI=1S/C16H15BrFN3O3/c1-24-14-7-10(6-13(17)16(14)23)8-20-21-15(22)9-19-12-4-2-11(18)3-5-12/h2-8,19,23H,9H2,1H3,(H,21,22). The van der Waals surface area contributed by atoms with Crippen molar-refractivity contribution in [2.75, 3.05) is 19.0 Å². The Morgan fingerprint density at radius 3 is 2.75 bits per heavy atom. The zero-order valence-corrected chi connectivity index (χ0v) is 14.3. The van der Waals surface area contributed by atoms with Crippen LogP contribution in [-0.4, -0.2) is 30.9 Å². The summed E-state index contributed by atoms with van der Waals surface area (Å²) in [4.78, 5) is 11.7. The number of amides is 1. The molecule has 0 aromatic heterocycles. The number of hydrogen-bond donors (Lipinski definition) is 3. The summed E-state index contributed by atoms with van der Waals surface area (Å²) in [5.41, 5.74) is 3.62. The highest BCUT2D eigenvalue weighted by molar-refractivity contribution is 9.10. The number of phenolic OH excluding ortho intramolecular Hbond substituents is 1. The first-order valence-corrected chi connectivity index (χ1v) is 7.66. The zero-order valence-electron chi connectivity index (χ0n) is 12.7. The van der Waals surface area contributed by atoms with Crippen LogP contribution in [0.4, 0.5) is 10.1 Å². The predicted octanol–water partition coefficient (Wildman–Crippen LogP) is 2.86. The molecule has 126 valence electrons. The molecule has 8 heteroatoms. The lowest BCUT2D eigenvalue weighted by Crippen LogP contribution is -2.25. The van der Waals surface area contributed by atoms with Gasteiger partial charge in [-0.05, 0) is 57.9 Å². The van der Waals surface area contributed by atoms with Crippen molar-refractivity contribution in [3.63, 3.8) is 0 Å². The highest BCUT2D eigenvalue weighted by atomic mass is 79.9. The van der Waals surface area contributed by atoms with Crippen molar-refractivity contribution in [1.29, 1.82) is 0 Å². The molecular weight excluding hydrogens is 381 g/mol. The molecule has 0 radical (unpaired) electrons. The lowest BCUT2D eigenvalue weighted by Gasteiger charge is -2.06. The molecule has 0 aliphatic heterocycles. The number of halogens is 2. The second-order valence-corrected chi connectivity index (χ2v) is 5.56. The molecule has 0 heterocycles. The SMILES string of the molecule is COc1cc(C=NNC(=O)CNc2ccc(F)cc2)cc(Br)c1O. The summed E-state index contributed by atoms with van der Waals surface area (Å²) in [5, 5.41) is 16.4. The molecule has 0 unspecified atom stereocenters. The van der Waals surface area contributed by atoms with Crippen LogP contribution in [0.25, 0.3) is 0 Å². The van der Waals surface area contributed by atoms with Gasteiger partial charge in [0, 0.05) is 5.69 Å². The van der Waals surface area contributed by atoms with E-state index >= 15 is 0 Å². The Balaban J connectivity index is 1.88. The molecule has 0 aliphatic carbocycles. The van der Waals surface area contributed by atoms with Crippen LogP contribution in [0.2, 0.25) is 0 Å². The quantitative estimate of drug-likeness (QED) is 0.518. The number of hydrazone groups is 1. The van der Waals surface area contributed by atoms with Gasteiger partial charge in [-0.25, -0.2) is 9.82 Å². The Bertz CT molecular complexity index is 751. The number of phenols is 1. The van der Waals surface area contributed by atoms with E-state index in [2.05, 4.69) is 31.8 Å². The van der Waals surface area contributed by atoms with E-state index in [1.54, 1.807) is 12.1 Å². The second kappa shape index (κ2) is 8.30. The summed E-state index contributed by atoms with van der Waals surface area (Å²) in [5.74, 6) is -0.428. The van der Waals surface area contributed by atoms with Gasteiger partial charge in [0.2, 0.25) is 0 Å². The van der Waals surface area contributed by atoms with E-state index in [1.165, 1.54) is 37.6 Å². The van der Waals surface area contributed by atoms with E-state index in [1.807, 2.05) is 0 Å². The molecule has 0 atom stereocenters. The van der Waals surface area contributed by atoms with E-state index in [0.717, 1.165) is 0 Å². The average Bonchev–Trinajstić information content (AvgIpc) is 2.57. The molecule has 0 bridgehead atoms. The number of anilines is 1. The Hall–Kier alpha value is -2.61. The highest BCUT2D eigenvalue weighted by Gasteiger charge is 2.07. The summed E-state index contributed by atoms with van der Waals surface area (Å²) in [7, 11) is 1.44. The summed E-state index contributed by atoms with van der Waals surface area (Å²) in [6, 6.07) is 8.87.